The van der Waals surface area contributed by atoms with Gasteiger partial charge < -0.3 is 10.1 Å². The van der Waals surface area contributed by atoms with Crippen molar-refractivity contribution in [3.8, 4) is 5.75 Å². The van der Waals surface area contributed by atoms with Gasteiger partial charge in [-0.15, -0.1) is 11.3 Å². The van der Waals surface area contributed by atoms with Gasteiger partial charge >= 0.3 is 0 Å². The smallest absolute Gasteiger partial charge is 0.262 e. The molecule has 0 atom stereocenters. The van der Waals surface area contributed by atoms with Gasteiger partial charge in [0.05, 0.1) is 32.9 Å². The Labute approximate surface area is 202 Å². The van der Waals surface area contributed by atoms with Crippen molar-refractivity contribution in [2.45, 2.75) is 31.1 Å². The summed E-state index contributed by atoms with van der Waals surface area (Å²) in [7, 11) is -2.41. The third-order valence-electron chi connectivity index (χ3n) is 5.25. The van der Waals surface area contributed by atoms with Crippen molar-refractivity contribution >= 4 is 48.9 Å². The standard InChI is InChI=1S/C25H25N3O4S2/c1-17-14-15-18(16-23(17)34(30,31)28-19-8-3-5-10-21(19)32-2)26-24(29)12-7-13-25-27-20-9-4-6-11-22(20)33-25/h3-6,8-11,14-16,28H,7,12-13H2,1-2H3,(H,26,29). The van der Waals surface area contributed by atoms with Crippen LogP contribution in [-0.4, -0.2) is 26.4 Å². The van der Waals surface area contributed by atoms with Crippen LogP contribution in [0.2, 0.25) is 0 Å². The first-order valence-corrected chi connectivity index (χ1v) is 13.1. The first kappa shape index (κ1) is 23.7. The van der Waals surface area contributed by atoms with E-state index in [2.05, 4.69) is 15.0 Å². The first-order chi connectivity index (χ1) is 16.4. The van der Waals surface area contributed by atoms with E-state index in [1.807, 2.05) is 24.3 Å². The fraction of sp³-hybridized carbons (Fsp3) is 0.200. The molecule has 0 saturated heterocycles. The second-order valence-corrected chi connectivity index (χ2v) is 10.5. The summed E-state index contributed by atoms with van der Waals surface area (Å²) in [5.74, 6) is 0.243. The molecular weight excluding hydrogens is 470 g/mol. The van der Waals surface area contributed by atoms with Crippen LogP contribution in [0.3, 0.4) is 0 Å². The number of aromatic nitrogens is 1. The van der Waals surface area contributed by atoms with Crippen LogP contribution in [0.15, 0.2) is 71.6 Å². The molecule has 0 spiro atoms. The van der Waals surface area contributed by atoms with Crippen molar-refractivity contribution < 1.29 is 17.9 Å². The minimum Gasteiger partial charge on any atom is -0.495 e. The highest BCUT2D eigenvalue weighted by atomic mass is 32.2. The lowest BCUT2D eigenvalue weighted by Gasteiger charge is -2.14. The predicted octanol–water partition coefficient (Wildman–Crippen LogP) is 5.38. The number of sulfonamides is 1. The van der Waals surface area contributed by atoms with E-state index >= 15 is 0 Å². The van der Waals surface area contributed by atoms with E-state index in [0.717, 1.165) is 15.2 Å². The molecule has 34 heavy (non-hydrogen) atoms. The number of methoxy groups -OCH3 is 1. The molecule has 0 saturated carbocycles. The first-order valence-electron chi connectivity index (χ1n) is 10.8. The van der Waals surface area contributed by atoms with E-state index in [9.17, 15) is 13.2 Å². The third kappa shape index (κ3) is 5.55. The van der Waals surface area contributed by atoms with Crippen LogP contribution < -0.4 is 14.8 Å². The number of hydrogen-bond acceptors (Lipinski definition) is 6. The van der Waals surface area contributed by atoms with Gasteiger partial charge in [0.15, 0.2) is 0 Å². The Morgan fingerprint density at radius 2 is 1.82 bits per heavy atom. The van der Waals surface area contributed by atoms with E-state index in [4.69, 9.17) is 4.74 Å². The quantitative estimate of drug-likeness (QED) is 0.325. The average Bonchev–Trinajstić information content (AvgIpc) is 3.23. The molecule has 3 aromatic carbocycles. The summed E-state index contributed by atoms with van der Waals surface area (Å²) in [4.78, 5) is 17.2. The van der Waals surface area contributed by atoms with Crippen LogP contribution in [0.1, 0.15) is 23.4 Å². The number of aryl methyl sites for hydroxylation is 2. The van der Waals surface area contributed by atoms with Crippen LogP contribution in [-0.2, 0) is 21.2 Å². The van der Waals surface area contributed by atoms with Crippen LogP contribution in [0, 0.1) is 6.92 Å². The number of thiazole rings is 1. The SMILES string of the molecule is COc1ccccc1NS(=O)(=O)c1cc(NC(=O)CCCc2nc3ccccc3s2)ccc1C. The molecule has 0 aliphatic heterocycles. The van der Waals surface area contributed by atoms with Crippen LogP contribution in [0.5, 0.6) is 5.75 Å². The van der Waals surface area contributed by atoms with Crippen molar-refractivity contribution in [2.75, 3.05) is 17.1 Å². The van der Waals surface area contributed by atoms with Crippen molar-refractivity contribution in [3.63, 3.8) is 0 Å². The minimum atomic E-state index is -3.89. The second kappa shape index (κ2) is 10.2. The number of para-hydroxylation sites is 3. The van der Waals surface area contributed by atoms with E-state index < -0.39 is 10.0 Å². The van der Waals surface area contributed by atoms with Gasteiger partial charge in [-0.3, -0.25) is 9.52 Å². The number of carbonyl (C=O) groups is 1. The lowest BCUT2D eigenvalue weighted by Crippen LogP contribution is -2.16. The Balaban J connectivity index is 1.40. The molecule has 1 amide bonds. The molecule has 7 nitrogen and oxygen atoms in total. The van der Waals surface area contributed by atoms with E-state index in [1.54, 1.807) is 54.7 Å². The molecule has 1 aromatic heterocycles. The maximum absolute atomic E-state index is 13.0. The Morgan fingerprint density at radius 3 is 2.62 bits per heavy atom. The van der Waals surface area contributed by atoms with Crippen LogP contribution in [0.25, 0.3) is 10.2 Å². The van der Waals surface area contributed by atoms with Crippen molar-refractivity contribution in [1.82, 2.24) is 4.98 Å². The normalized spacial score (nSPS) is 11.4. The molecule has 4 rings (SSSR count). The van der Waals surface area contributed by atoms with Crippen molar-refractivity contribution in [2.24, 2.45) is 0 Å². The molecule has 0 fully saturated rings. The van der Waals surface area contributed by atoms with Gasteiger partial charge in [-0.2, -0.15) is 0 Å². The van der Waals surface area contributed by atoms with Crippen LogP contribution >= 0.6 is 11.3 Å². The highest BCUT2D eigenvalue weighted by Crippen LogP contribution is 2.28. The Bertz CT molecular complexity index is 1400. The number of nitrogens with one attached hydrogen (secondary N) is 2. The zero-order chi connectivity index (χ0) is 24.1. The second-order valence-electron chi connectivity index (χ2n) is 7.76. The highest BCUT2D eigenvalue weighted by Gasteiger charge is 2.20. The van der Waals surface area contributed by atoms with Gasteiger partial charge in [0.1, 0.15) is 5.75 Å². The summed E-state index contributed by atoms with van der Waals surface area (Å²) < 4.78 is 35.0. The number of fused-ring (bicyclic) bond motifs is 1. The van der Waals surface area contributed by atoms with Crippen LogP contribution in [0.4, 0.5) is 11.4 Å². The lowest BCUT2D eigenvalue weighted by molar-refractivity contribution is -0.116. The maximum Gasteiger partial charge on any atom is 0.262 e. The molecule has 0 aliphatic carbocycles. The van der Waals surface area contributed by atoms with Crippen molar-refractivity contribution in [3.05, 3.63) is 77.3 Å². The monoisotopic (exact) mass is 495 g/mol. The van der Waals surface area contributed by atoms with Gasteiger partial charge in [-0.05, 0) is 61.7 Å². The van der Waals surface area contributed by atoms with Gasteiger partial charge in [0.2, 0.25) is 5.91 Å². The number of anilines is 2. The maximum atomic E-state index is 13.0. The topological polar surface area (TPSA) is 97.4 Å². The molecule has 1 heterocycles. The number of amides is 1. The summed E-state index contributed by atoms with van der Waals surface area (Å²) >= 11 is 1.64. The number of carbonyl (C=O) groups excluding carboxylic acids is 1. The van der Waals surface area contributed by atoms with Gasteiger partial charge in [-0.25, -0.2) is 13.4 Å². The number of rotatable bonds is 9. The Morgan fingerprint density at radius 1 is 1.06 bits per heavy atom. The van der Waals surface area contributed by atoms with E-state index in [1.165, 1.54) is 13.2 Å². The molecule has 0 bridgehead atoms. The average molecular weight is 496 g/mol. The molecule has 2 N–H and O–H groups in total. The summed E-state index contributed by atoms with van der Waals surface area (Å²) in [6, 6.07) is 19.6. The summed E-state index contributed by atoms with van der Waals surface area (Å²) in [6.07, 6.45) is 1.67. The summed E-state index contributed by atoms with van der Waals surface area (Å²) in [5.41, 5.74) is 2.31. The summed E-state index contributed by atoms with van der Waals surface area (Å²) in [5, 5.41) is 3.81. The number of benzene rings is 3. The van der Waals surface area contributed by atoms with E-state index in [-0.39, 0.29) is 10.8 Å². The third-order valence-corrected chi connectivity index (χ3v) is 7.85. The minimum absolute atomic E-state index is 0.0886. The largest absolute Gasteiger partial charge is 0.495 e. The summed E-state index contributed by atoms with van der Waals surface area (Å²) in [6.45, 7) is 1.71. The van der Waals surface area contributed by atoms with Gasteiger partial charge in [0, 0.05) is 12.1 Å². The Hall–Kier alpha value is -3.43. The molecular formula is C25H25N3O4S2. The van der Waals surface area contributed by atoms with Gasteiger partial charge in [0.25, 0.3) is 10.0 Å². The molecule has 176 valence electrons. The van der Waals surface area contributed by atoms with Gasteiger partial charge in [-0.1, -0.05) is 30.3 Å². The zero-order valence-corrected chi connectivity index (χ0v) is 20.5. The molecule has 0 radical (unpaired) electrons. The highest BCUT2D eigenvalue weighted by molar-refractivity contribution is 7.92. The molecule has 0 unspecified atom stereocenters. The number of hydrogen-bond donors (Lipinski definition) is 2. The lowest BCUT2D eigenvalue weighted by atomic mass is 10.2. The predicted molar refractivity (Wildman–Crippen MR) is 136 cm³/mol. The molecule has 9 heteroatoms. The number of nitrogens with zero attached hydrogens (tertiary/aromatic N) is 1. The number of ether oxygens (including phenoxy) is 1. The molecule has 0 aliphatic rings. The fourth-order valence-corrected chi connectivity index (χ4v) is 5.90. The fourth-order valence-electron chi connectivity index (χ4n) is 3.55. The van der Waals surface area contributed by atoms with E-state index in [0.29, 0.717) is 42.0 Å². The Kier molecular flexibility index (Phi) is 7.14. The zero-order valence-electron chi connectivity index (χ0n) is 18.9. The molecule has 4 aromatic rings. The van der Waals surface area contributed by atoms with Crippen molar-refractivity contribution in [1.29, 1.82) is 0 Å².